The summed E-state index contributed by atoms with van der Waals surface area (Å²) in [6.07, 6.45) is 1.90. The Morgan fingerprint density at radius 1 is 1.12 bits per heavy atom. The van der Waals surface area contributed by atoms with Gasteiger partial charge in [-0.3, -0.25) is 4.79 Å². The SMILES string of the molecule is CCOC(=O)CC1CCN(C(=O)OCC)CC1. The van der Waals surface area contributed by atoms with Crippen LogP contribution in [-0.2, 0) is 14.3 Å². The number of carbonyl (C=O) groups excluding carboxylic acids is 2. The largest absolute Gasteiger partial charge is 0.466 e. The third kappa shape index (κ3) is 4.63. The Morgan fingerprint density at radius 3 is 2.24 bits per heavy atom. The minimum absolute atomic E-state index is 0.137. The summed E-state index contributed by atoms with van der Waals surface area (Å²) in [6.45, 7) is 5.78. The zero-order chi connectivity index (χ0) is 12.7. The molecular formula is C12H21NO4. The Kier molecular flexibility index (Phi) is 5.80. The van der Waals surface area contributed by atoms with E-state index < -0.39 is 0 Å². The summed E-state index contributed by atoms with van der Waals surface area (Å²) in [5, 5.41) is 0. The number of rotatable bonds is 4. The highest BCUT2D eigenvalue weighted by Gasteiger charge is 2.25. The van der Waals surface area contributed by atoms with Crippen molar-refractivity contribution in [3.63, 3.8) is 0 Å². The molecule has 1 aliphatic heterocycles. The maximum Gasteiger partial charge on any atom is 0.409 e. The number of hydrogen-bond donors (Lipinski definition) is 0. The van der Waals surface area contributed by atoms with Gasteiger partial charge in [0, 0.05) is 19.5 Å². The molecule has 0 N–H and O–H groups in total. The van der Waals surface area contributed by atoms with E-state index in [0.717, 1.165) is 12.8 Å². The molecule has 0 atom stereocenters. The Labute approximate surface area is 102 Å². The van der Waals surface area contributed by atoms with Crippen molar-refractivity contribution in [1.82, 2.24) is 4.90 Å². The molecular weight excluding hydrogens is 222 g/mol. The van der Waals surface area contributed by atoms with E-state index in [1.165, 1.54) is 0 Å². The molecule has 5 heteroatoms. The molecule has 0 saturated carbocycles. The number of ether oxygens (including phenoxy) is 2. The van der Waals surface area contributed by atoms with Crippen LogP contribution >= 0.6 is 0 Å². The van der Waals surface area contributed by atoms with Crippen LogP contribution in [0, 0.1) is 5.92 Å². The molecule has 1 amide bonds. The molecule has 0 radical (unpaired) electrons. The van der Waals surface area contributed by atoms with Gasteiger partial charge in [0.25, 0.3) is 0 Å². The second kappa shape index (κ2) is 7.14. The fourth-order valence-electron chi connectivity index (χ4n) is 1.99. The van der Waals surface area contributed by atoms with Gasteiger partial charge in [0.2, 0.25) is 0 Å². The van der Waals surface area contributed by atoms with Crippen LogP contribution < -0.4 is 0 Å². The molecule has 1 fully saturated rings. The van der Waals surface area contributed by atoms with Crippen LogP contribution in [0.4, 0.5) is 4.79 Å². The van der Waals surface area contributed by atoms with Crippen molar-refractivity contribution < 1.29 is 19.1 Å². The molecule has 1 rings (SSSR count). The lowest BCUT2D eigenvalue weighted by atomic mass is 9.94. The number of nitrogens with zero attached hydrogens (tertiary/aromatic N) is 1. The first kappa shape index (κ1) is 13.8. The third-order valence-corrected chi connectivity index (χ3v) is 2.90. The summed E-state index contributed by atoms with van der Waals surface area (Å²) in [5.41, 5.74) is 0. The third-order valence-electron chi connectivity index (χ3n) is 2.90. The first-order valence-electron chi connectivity index (χ1n) is 6.24. The molecule has 0 aromatic rings. The van der Waals surface area contributed by atoms with Crippen LogP contribution in [-0.4, -0.2) is 43.3 Å². The van der Waals surface area contributed by atoms with E-state index in [1.54, 1.807) is 18.7 Å². The van der Waals surface area contributed by atoms with Crippen LogP contribution in [0.5, 0.6) is 0 Å². The zero-order valence-electron chi connectivity index (χ0n) is 10.6. The lowest BCUT2D eigenvalue weighted by molar-refractivity contribution is -0.144. The normalized spacial score (nSPS) is 16.7. The molecule has 0 spiro atoms. The number of likely N-dealkylation sites (tertiary alicyclic amines) is 1. The lowest BCUT2D eigenvalue weighted by Gasteiger charge is -2.30. The van der Waals surface area contributed by atoms with Crippen LogP contribution in [0.15, 0.2) is 0 Å². The summed E-state index contributed by atoms with van der Waals surface area (Å²) in [7, 11) is 0. The Bertz CT molecular complexity index is 259. The number of carbonyl (C=O) groups is 2. The number of esters is 1. The summed E-state index contributed by atoms with van der Waals surface area (Å²) < 4.78 is 9.84. The highest BCUT2D eigenvalue weighted by atomic mass is 16.6. The fourth-order valence-corrected chi connectivity index (χ4v) is 1.99. The van der Waals surface area contributed by atoms with Crippen molar-refractivity contribution in [2.75, 3.05) is 26.3 Å². The van der Waals surface area contributed by atoms with Crippen molar-refractivity contribution in [3.05, 3.63) is 0 Å². The fraction of sp³-hybridized carbons (Fsp3) is 0.833. The highest BCUT2D eigenvalue weighted by molar-refractivity contribution is 5.70. The van der Waals surface area contributed by atoms with Crippen LogP contribution in [0.3, 0.4) is 0 Å². The molecule has 1 aliphatic rings. The minimum Gasteiger partial charge on any atom is -0.466 e. The van der Waals surface area contributed by atoms with Crippen molar-refractivity contribution in [1.29, 1.82) is 0 Å². The van der Waals surface area contributed by atoms with E-state index in [-0.39, 0.29) is 12.1 Å². The number of hydrogen-bond acceptors (Lipinski definition) is 4. The number of amides is 1. The van der Waals surface area contributed by atoms with Crippen molar-refractivity contribution in [3.8, 4) is 0 Å². The zero-order valence-corrected chi connectivity index (χ0v) is 10.6. The molecule has 0 aromatic carbocycles. The second-order valence-electron chi connectivity index (χ2n) is 4.14. The molecule has 0 bridgehead atoms. The molecule has 17 heavy (non-hydrogen) atoms. The molecule has 1 saturated heterocycles. The summed E-state index contributed by atoms with van der Waals surface area (Å²) in [5.74, 6) is 0.196. The van der Waals surface area contributed by atoms with Crippen molar-refractivity contribution in [2.45, 2.75) is 33.1 Å². The minimum atomic E-state index is -0.248. The van der Waals surface area contributed by atoms with E-state index in [9.17, 15) is 9.59 Å². The lowest BCUT2D eigenvalue weighted by Crippen LogP contribution is -2.39. The van der Waals surface area contributed by atoms with Crippen LogP contribution in [0.2, 0.25) is 0 Å². The second-order valence-corrected chi connectivity index (χ2v) is 4.14. The van der Waals surface area contributed by atoms with E-state index in [4.69, 9.17) is 9.47 Å². The van der Waals surface area contributed by atoms with Crippen LogP contribution in [0.25, 0.3) is 0 Å². The Morgan fingerprint density at radius 2 is 1.71 bits per heavy atom. The van der Waals surface area contributed by atoms with E-state index in [2.05, 4.69) is 0 Å². The smallest absolute Gasteiger partial charge is 0.409 e. The molecule has 0 aromatic heterocycles. The predicted molar refractivity (Wildman–Crippen MR) is 62.6 cm³/mol. The van der Waals surface area contributed by atoms with Gasteiger partial charge < -0.3 is 14.4 Å². The average molecular weight is 243 g/mol. The number of piperidine rings is 1. The standard InChI is InChI=1S/C12H21NO4/c1-3-16-11(14)9-10-5-7-13(8-6-10)12(15)17-4-2/h10H,3-9H2,1-2H3. The van der Waals surface area contributed by atoms with Gasteiger partial charge in [0.1, 0.15) is 0 Å². The van der Waals surface area contributed by atoms with Gasteiger partial charge in [0.05, 0.1) is 13.2 Å². The first-order chi connectivity index (χ1) is 8.17. The average Bonchev–Trinajstić information content (AvgIpc) is 2.30. The maximum absolute atomic E-state index is 11.4. The van der Waals surface area contributed by atoms with E-state index in [0.29, 0.717) is 38.6 Å². The quantitative estimate of drug-likeness (QED) is 0.707. The summed E-state index contributed by atoms with van der Waals surface area (Å²) in [4.78, 5) is 24.4. The van der Waals surface area contributed by atoms with Crippen molar-refractivity contribution >= 4 is 12.1 Å². The van der Waals surface area contributed by atoms with Gasteiger partial charge in [-0.05, 0) is 32.6 Å². The highest BCUT2D eigenvalue weighted by Crippen LogP contribution is 2.21. The van der Waals surface area contributed by atoms with Gasteiger partial charge in [-0.1, -0.05) is 0 Å². The predicted octanol–water partition coefficient (Wildman–Crippen LogP) is 1.81. The van der Waals surface area contributed by atoms with Gasteiger partial charge in [-0.2, -0.15) is 0 Å². The summed E-state index contributed by atoms with van der Waals surface area (Å²) in [6, 6.07) is 0. The van der Waals surface area contributed by atoms with Crippen molar-refractivity contribution in [2.24, 2.45) is 5.92 Å². The molecule has 98 valence electrons. The van der Waals surface area contributed by atoms with Gasteiger partial charge in [-0.15, -0.1) is 0 Å². The molecule has 1 heterocycles. The monoisotopic (exact) mass is 243 g/mol. The Balaban J connectivity index is 2.26. The molecule has 0 unspecified atom stereocenters. The maximum atomic E-state index is 11.4. The summed E-state index contributed by atoms with van der Waals surface area (Å²) >= 11 is 0. The van der Waals surface area contributed by atoms with E-state index in [1.807, 2.05) is 0 Å². The van der Waals surface area contributed by atoms with Crippen LogP contribution in [0.1, 0.15) is 33.1 Å². The molecule has 0 aliphatic carbocycles. The van der Waals surface area contributed by atoms with Gasteiger partial charge in [0.15, 0.2) is 0 Å². The topological polar surface area (TPSA) is 55.8 Å². The van der Waals surface area contributed by atoms with Gasteiger partial charge >= 0.3 is 12.1 Å². The Hall–Kier alpha value is -1.26. The van der Waals surface area contributed by atoms with E-state index >= 15 is 0 Å². The van der Waals surface area contributed by atoms with Gasteiger partial charge in [-0.25, -0.2) is 4.79 Å². The first-order valence-corrected chi connectivity index (χ1v) is 6.24. The molecule has 5 nitrogen and oxygen atoms in total.